The summed E-state index contributed by atoms with van der Waals surface area (Å²) in [5, 5.41) is 2.67. The molecule has 26 heavy (non-hydrogen) atoms. The molecule has 3 rings (SSSR count). The molecule has 1 atom stereocenters. The van der Waals surface area contributed by atoms with Gasteiger partial charge in [0.1, 0.15) is 11.4 Å². The lowest BCUT2D eigenvalue weighted by Crippen LogP contribution is -2.34. The van der Waals surface area contributed by atoms with Gasteiger partial charge in [-0.05, 0) is 45.4 Å². The molecule has 0 spiro atoms. The molecular weight excluding hydrogens is 337 g/mol. The number of rotatable bonds is 3. The lowest BCUT2D eigenvalue weighted by molar-refractivity contribution is 0.0507. The second kappa shape index (κ2) is 6.86. The topological polar surface area (TPSA) is 56.8 Å². The van der Waals surface area contributed by atoms with Gasteiger partial charge >= 0.3 is 6.09 Å². The van der Waals surface area contributed by atoms with Crippen LogP contribution in [0.25, 0.3) is 11.1 Å². The number of amides is 1. The third-order valence-corrected chi connectivity index (χ3v) is 3.91. The van der Waals surface area contributed by atoms with E-state index in [2.05, 4.69) is 5.32 Å². The van der Waals surface area contributed by atoms with E-state index < -0.39 is 23.6 Å². The SMILES string of the molecule is CC(NC(=O)OC(C)(C)C)c1cccc(-c2ccc3c(c2)OCO3)c1F. The van der Waals surface area contributed by atoms with Gasteiger partial charge in [0, 0.05) is 11.1 Å². The van der Waals surface area contributed by atoms with Crippen LogP contribution in [0.3, 0.4) is 0 Å². The minimum Gasteiger partial charge on any atom is -0.454 e. The minimum absolute atomic E-state index is 0.165. The Balaban J connectivity index is 1.84. The molecule has 0 saturated carbocycles. The summed E-state index contributed by atoms with van der Waals surface area (Å²) < 4.78 is 31.0. The van der Waals surface area contributed by atoms with Crippen LogP contribution < -0.4 is 14.8 Å². The molecule has 2 aromatic carbocycles. The highest BCUT2D eigenvalue weighted by atomic mass is 19.1. The zero-order chi connectivity index (χ0) is 18.9. The predicted octanol–water partition coefficient (Wildman–Crippen LogP) is 4.81. The molecule has 1 N–H and O–H groups in total. The third kappa shape index (κ3) is 3.90. The summed E-state index contributed by atoms with van der Waals surface area (Å²) in [5.74, 6) is 0.840. The zero-order valence-corrected chi connectivity index (χ0v) is 15.3. The zero-order valence-electron chi connectivity index (χ0n) is 15.3. The Morgan fingerprint density at radius 2 is 1.92 bits per heavy atom. The Bertz CT molecular complexity index is 829. The second-order valence-corrected chi connectivity index (χ2v) is 7.14. The summed E-state index contributed by atoms with van der Waals surface area (Å²) in [6.45, 7) is 7.21. The molecule has 0 saturated heterocycles. The lowest BCUT2D eigenvalue weighted by atomic mass is 9.98. The van der Waals surface area contributed by atoms with Crippen molar-refractivity contribution >= 4 is 6.09 Å². The predicted molar refractivity (Wildman–Crippen MR) is 95.7 cm³/mol. The Labute approximate surface area is 152 Å². The van der Waals surface area contributed by atoms with Gasteiger partial charge in [0.15, 0.2) is 11.5 Å². The van der Waals surface area contributed by atoms with Crippen molar-refractivity contribution in [2.24, 2.45) is 0 Å². The molecule has 0 aromatic heterocycles. The van der Waals surface area contributed by atoms with Crippen molar-refractivity contribution in [2.45, 2.75) is 39.3 Å². The van der Waals surface area contributed by atoms with Crippen LogP contribution >= 0.6 is 0 Å². The average Bonchev–Trinajstić information content (AvgIpc) is 3.00. The van der Waals surface area contributed by atoms with E-state index in [9.17, 15) is 4.79 Å². The Kier molecular flexibility index (Phi) is 4.76. The van der Waals surface area contributed by atoms with Crippen LogP contribution in [-0.4, -0.2) is 18.5 Å². The van der Waals surface area contributed by atoms with E-state index in [-0.39, 0.29) is 6.79 Å². The Morgan fingerprint density at radius 1 is 1.19 bits per heavy atom. The summed E-state index contributed by atoms with van der Waals surface area (Å²) in [6.07, 6.45) is -0.585. The second-order valence-electron chi connectivity index (χ2n) is 7.14. The van der Waals surface area contributed by atoms with Gasteiger partial charge in [0.05, 0.1) is 6.04 Å². The highest BCUT2D eigenvalue weighted by molar-refractivity contribution is 5.70. The fourth-order valence-corrected chi connectivity index (χ4v) is 2.73. The number of benzene rings is 2. The molecule has 0 radical (unpaired) electrons. The number of fused-ring (bicyclic) bond motifs is 1. The molecule has 1 amide bonds. The van der Waals surface area contributed by atoms with E-state index in [0.717, 1.165) is 0 Å². The van der Waals surface area contributed by atoms with Crippen molar-refractivity contribution in [1.29, 1.82) is 0 Å². The quantitative estimate of drug-likeness (QED) is 0.855. The first-order valence-electron chi connectivity index (χ1n) is 8.42. The van der Waals surface area contributed by atoms with Gasteiger partial charge in [-0.1, -0.05) is 24.3 Å². The van der Waals surface area contributed by atoms with Crippen LogP contribution in [-0.2, 0) is 4.74 Å². The van der Waals surface area contributed by atoms with Gasteiger partial charge in [-0.3, -0.25) is 0 Å². The normalized spacial score (nSPS) is 14.0. The molecule has 6 heteroatoms. The standard InChI is InChI=1S/C20H22FNO4/c1-12(22-19(23)26-20(2,3)4)14-6-5-7-15(18(14)21)13-8-9-16-17(10-13)25-11-24-16/h5-10,12H,11H2,1-4H3,(H,22,23). The highest BCUT2D eigenvalue weighted by Crippen LogP contribution is 2.37. The van der Waals surface area contributed by atoms with Crippen LogP contribution in [0.2, 0.25) is 0 Å². The lowest BCUT2D eigenvalue weighted by Gasteiger charge is -2.22. The van der Waals surface area contributed by atoms with Gasteiger partial charge in [0.2, 0.25) is 6.79 Å². The fourth-order valence-electron chi connectivity index (χ4n) is 2.73. The molecule has 0 bridgehead atoms. The van der Waals surface area contributed by atoms with E-state index in [0.29, 0.717) is 28.2 Å². The molecule has 2 aromatic rings. The van der Waals surface area contributed by atoms with Gasteiger partial charge in [0.25, 0.3) is 0 Å². The van der Waals surface area contributed by atoms with Crippen molar-refractivity contribution in [3.63, 3.8) is 0 Å². The molecule has 5 nitrogen and oxygen atoms in total. The number of carbonyl (C=O) groups is 1. The largest absolute Gasteiger partial charge is 0.454 e. The first-order chi connectivity index (χ1) is 12.2. The molecule has 138 valence electrons. The molecule has 0 fully saturated rings. The van der Waals surface area contributed by atoms with Crippen LogP contribution in [0.5, 0.6) is 11.5 Å². The van der Waals surface area contributed by atoms with Gasteiger partial charge in [-0.2, -0.15) is 0 Å². The number of carbonyl (C=O) groups excluding carboxylic acids is 1. The summed E-state index contributed by atoms with van der Waals surface area (Å²) in [5.41, 5.74) is 0.874. The van der Waals surface area contributed by atoms with Crippen LogP contribution in [0, 0.1) is 5.82 Å². The molecular formula is C20H22FNO4. The average molecular weight is 359 g/mol. The number of hydrogen-bond acceptors (Lipinski definition) is 4. The van der Waals surface area contributed by atoms with E-state index >= 15 is 4.39 Å². The van der Waals surface area contributed by atoms with Crippen molar-refractivity contribution in [2.75, 3.05) is 6.79 Å². The van der Waals surface area contributed by atoms with E-state index in [1.165, 1.54) is 0 Å². The summed E-state index contributed by atoms with van der Waals surface area (Å²) in [7, 11) is 0. The summed E-state index contributed by atoms with van der Waals surface area (Å²) in [6, 6.07) is 9.83. The molecule has 1 aliphatic rings. The monoisotopic (exact) mass is 359 g/mol. The summed E-state index contributed by atoms with van der Waals surface area (Å²) >= 11 is 0. The molecule has 1 heterocycles. The highest BCUT2D eigenvalue weighted by Gasteiger charge is 2.22. The molecule has 0 aliphatic carbocycles. The Hall–Kier alpha value is -2.76. The van der Waals surface area contributed by atoms with Crippen molar-refractivity contribution in [3.05, 3.63) is 47.8 Å². The van der Waals surface area contributed by atoms with E-state index in [1.54, 1.807) is 64.1 Å². The van der Waals surface area contributed by atoms with E-state index in [1.807, 2.05) is 0 Å². The van der Waals surface area contributed by atoms with Crippen molar-refractivity contribution in [1.82, 2.24) is 5.32 Å². The van der Waals surface area contributed by atoms with Gasteiger partial charge in [-0.15, -0.1) is 0 Å². The van der Waals surface area contributed by atoms with Crippen molar-refractivity contribution < 1.29 is 23.4 Å². The number of ether oxygens (including phenoxy) is 3. The fraction of sp³-hybridized carbons (Fsp3) is 0.350. The first-order valence-corrected chi connectivity index (χ1v) is 8.42. The van der Waals surface area contributed by atoms with Gasteiger partial charge in [-0.25, -0.2) is 9.18 Å². The maximum absolute atomic E-state index is 15.1. The van der Waals surface area contributed by atoms with Crippen LogP contribution in [0.15, 0.2) is 36.4 Å². The minimum atomic E-state index is -0.614. The van der Waals surface area contributed by atoms with Gasteiger partial charge < -0.3 is 19.5 Å². The van der Waals surface area contributed by atoms with E-state index in [4.69, 9.17) is 14.2 Å². The number of alkyl carbamates (subject to hydrolysis) is 1. The van der Waals surface area contributed by atoms with Crippen LogP contribution in [0.4, 0.5) is 9.18 Å². The van der Waals surface area contributed by atoms with Crippen molar-refractivity contribution in [3.8, 4) is 22.6 Å². The smallest absolute Gasteiger partial charge is 0.408 e. The number of nitrogens with one attached hydrogen (secondary N) is 1. The maximum Gasteiger partial charge on any atom is 0.408 e. The Morgan fingerprint density at radius 3 is 2.65 bits per heavy atom. The molecule has 1 unspecified atom stereocenters. The van der Waals surface area contributed by atoms with Crippen LogP contribution in [0.1, 0.15) is 39.3 Å². The maximum atomic E-state index is 15.1. The number of halogens is 1. The molecule has 1 aliphatic heterocycles. The summed E-state index contributed by atoms with van der Waals surface area (Å²) in [4.78, 5) is 12.0. The first kappa shape index (κ1) is 18.0. The third-order valence-electron chi connectivity index (χ3n) is 3.91. The number of hydrogen-bond donors (Lipinski definition) is 1.